The molecule has 4 saturated carbocycles. The molecule has 4 aliphatic rings. The molecule has 1 aromatic carbocycles. The van der Waals surface area contributed by atoms with E-state index in [1.807, 2.05) is 6.07 Å². The Bertz CT molecular complexity index is 903. The maximum Gasteiger partial charge on any atom is 0.251 e. The highest BCUT2D eigenvalue weighted by atomic mass is 16.1. The van der Waals surface area contributed by atoms with Crippen molar-refractivity contribution in [2.24, 2.45) is 46.8 Å². The van der Waals surface area contributed by atoms with Gasteiger partial charge in [0.05, 0.1) is 11.6 Å². The number of nitriles is 1. The van der Waals surface area contributed by atoms with E-state index in [0.29, 0.717) is 22.5 Å². The smallest absolute Gasteiger partial charge is 0.251 e. The number of benzene rings is 1. The molecule has 4 aliphatic carbocycles. The van der Waals surface area contributed by atoms with Crippen molar-refractivity contribution in [2.45, 2.75) is 84.6 Å². The van der Waals surface area contributed by atoms with Crippen molar-refractivity contribution in [3.63, 3.8) is 0 Å². The van der Waals surface area contributed by atoms with Gasteiger partial charge in [-0.3, -0.25) is 4.79 Å². The van der Waals surface area contributed by atoms with Gasteiger partial charge >= 0.3 is 0 Å². The molecule has 1 aromatic rings. The standard InChI is InChI=1S/C29H40N2O/c1-18-7-9-23-21(15-18)8-10-25-24(23)13-14-29(3)26(11-12-27(25)29)19(2)31-28(32)22-6-4-5-20(16-22)17-30/h4-6,16,18-19,21,23-27H,7-15H2,1-3H3,(H,31,32)/t18-,19-,21+,23-,24?,25+,26?,27?,29+/m0/s1. The second kappa shape index (κ2) is 8.51. The molecule has 172 valence electrons. The molecule has 0 bridgehead atoms. The van der Waals surface area contributed by atoms with Crippen LogP contribution in [-0.4, -0.2) is 11.9 Å². The van der Waals surface area contributed by atoms with E-state index in [1.165, 1.54) is 57.8 Å². The lowest BCUT2D eigenvalue weighted by atomic mass is 9.49. The first kappa shape index (κ1) is 22.0. The largest absolute Gasteiger partial charge is 0.349 e. The molecule has 3 nitrogen and oxygen atoms in total. The lowest BCUT2D eigenvalue weighted by Gasteiger charge is -2.56. The molecule has 3 unspecified atom stereocenters. The molecule has 32 heavy (non-hydrogen) atoms. The summed E-state index contributed by atoms with van der Waals surface area (Å²) in [5.74, 6) is 6.19. The zero-order valence-electron chi connectivity index (χ0n) is 20.1. The molecule has 0 aromatic heterocycles. The number of nitrogens with one attached hydrogen (secondary N) is 1. The van der Waals surface area contributed by atoms with E-state index in [4.69, 9.17) is 5.26 Å². The molecule has 5 rings (SSSR count). The monoisotopic (exact) mass is 432 g/mol. The third-order valence-corrected chi connectivity index (χ3v) is 10.5. The van der Waals surface area contributed by atoms with Crippen LogP contribution in [0.25, 0.3) is 0 Å². The van der Waals surface area contributed by atoms with Gasteiger partial charge in [-0.2, -0.15) is 5.26 Å². The summed E-state index contributed by atoms with van der Waals surface area (Å²) >= 11 is 0. The van der Waals surface area contributed by atoms with Crippen molar-refractivity contribution in [2.75, 3.05) is 0 Å². The fourth-order valence-corrected chi connectivity index (χ4v) is 9.07. The first-order chi connectivity index (χ1) is 15.4. The second-order valence-electron chi connectivity index (χ2n) is 12.0. The van der Waals surface area contributed by atoms with Crippen molar-refractivity contribution >= 4 is 5.91 Å². The molecular weight excluding hydrogens is 392 g/mol. The van der Waals surface area contributed by atoms with Crippen LogP contribution in [0.1, 0.15) is 94.5 Å². The van der Waals surface area contributed by atoms with Crippen LogP contribution in [0.4, 0.5) is 0 Å². The lowest BCUT2D eigenvalue weighted by Crippen LogP contribution is -2.51. The Morgan fingerprint density at radius 1 is 1.09 bits per heavy atom. The Hall–Kier alpha value is -1.82. The molecule has 0 radical (unpaired) electrons. The van der Waals surface area contributed by atoms with E-state index in [1.54, 1.807) is 18.2 Å². The van der Waals surface area contributed by atoms with Crippen LogP contribution in [0.5, 0.6) is 0 Å². The van der Waals surface area contributed by atoms with E-state index in [9.17, 15) is 4.79 Å². The molecule has 4 fully saturated rings. The molecule has 0 aliphatic heterocycles. The van der Waals surface area contributed by atoms with Gasteiger partial charge in [-0.25, -0.2) is 0 Å². The van der Waals surface area contributed by atoms with Crippen molar-refractivity contribution in [3.05, 3.63) is 35.4 Å². The number of hydrogen-bond donors (Lipinski definition) is 1. The van der Waals surface area contributed by atoms with Crippen LogP contribution in [0.3, 0.4) is 0 Å². The second-order valence-corrected chi connectivity index (χ2v) is 12.0. The number of carbonyl (C=O) groups excluding carboxylic acids is 1. The average Bonchev–Trinajstić information content (AvgIpc) is 3.16. The number of hydrogen-bond acceptors (Lipinski definition) is 2. The minimum atomic E-state index is -0.0350. The first-order valence-corrected chi connectivity index (χ1v) is 13.2. The number of fused-ring (bicyclic) bond motifs is 5. The topological polar surface area (TPSA) is 52.9 Å². The summed E-state index contributed by atoms with van der Waals surface area (Å²) < 4.78 is 0. The summed E-state index contributed by atoms with van der Waals surface area (Å²) in [5, 5.41) is 12.5. The van der Waals surface area contributed by atoms with Crippen LogP contribution < -0.4 is 5.32 Å². The predicted molar refractivity (Wildman–Crippen MR) is 128 cm³/mol. The predicted octanol–water partition coefficient (Wildman–Crippen LogP) is 6.58. The van der Waals surface area contributed by atoms with Crippen molar-refractivity contribution < 1.29 is 4.79 Å². The normalized spacial score (nSPS) is 41.5. The molecular formula is C29H40N2O. The Morgan fingerprint density at radius 3 is 2.72 bits per heavy atom. The van der Waals surface area contributed by atoms with Crippen LogP contribution >= 0.6 is 0 Å². The van der Waals surface area contributed by atoms with E-state index in [0.717, 1.165) is 35.5 Å². The highest BCUT2D eigenvalue weighted by Gasteiger charge is 2.57. The first-order valence-electron chi connectivity index (χ1n) is 13.2. The van der Waals surface area contributed by atoms with Gasteiger partial charge in [-0.15, -0.1) is 0 Å². The van der Waals surface area contributed by atoms with Gasteiger partial charge in [0.2, 0.25) is 0 Å². The van der Waals surface area contributed by atoms with Crippen LogP contribution in [0.2, 0.25) is 0 Å². The van der Waals surface area contributed by atoms with Gasteiger partial charge in [0.1, 0.15) is 0 Å². The Kier molecular flexibility index (Phi) is 5.85. The van der Waals surface area contributed by atoms with Gasteiger partial charge in [0.25, 0.3) is 5.91 Å². The maximum atomic E-state index is 12.9. The molecule has 0 saturated heterocycles. The molecule has 0 spiro atoms. The summed E-state index contributed by atoms with van der Waals surface area (Å²) in [6.45, 7) is 7.24. The van der Waals surface area contributed by atoms with E-state index < -0.39 is 0 Å². The summed E-state index contributed by atoms with van der Waals surface area (Å²) in [4.78, 5) is 12.9. The fourth-order valence-electron chi connectivity index (χ4n) is 9.07. The summed E-state index contributed by atoms with van der Waals surface area (Å²) in [6.07, 6.45) is 12.7. The van der Waals surface area contributed by atoms with Gasteiger partial charge in [-0.1, -0.05) is 26.3 Å². The Labute approximate surface area is 194 Å². The van der Waals surface area contributed by atoms with E-state index in [2.05, 4.69) is 32.2 Å². The SMILES string of the molecule is C[C@H]1CC[C@@H]2C3CC[C@@]4(C)C(CCC4[C@H](C)NC(=O)c4cccc(C#N)c4)[C@@H]3CC[C@@H]2C1. The van der Waals surface area contributed by atoms with Gasteiger partial charge < -0.3 is 5.32 Å². The van der Waals surface area contributed by atoms with Gasteiger partial charge in [-0.05, 0) is 123 Å². The quantitative estimate of drug-likeness (QED) is 0.586. The summed E-state index contributed by atoms with van der Waals surface area (Å²) in [7, 11) is 0. The molecule has 1 N–H and O–H groups in total. The van der Waals surface area contributed by atoms with E-state index >= 15 is 0 Å². The zero-order valence-corrected chi connectivity index (χ0v) is 20.1. The zero-order chi connectivity index (χ0) is 22.5. The van der Waals surface area contributed by atoms with Crippen molar-refractivity contribution in [1.82, 2.24) is 5.32 Å². The van der Waals surface area contributed by atoms with Crippen LogP contribution in [0.15, 0.2) is 24.3 Å². The Balaban J connectivity index is 1.28. The minimum Gasteiger partial charge on any atom is -0.349 e. The minimum absolute atomic E-state index is 0.0350. The molecule has 0 heterocycles. The lowest BCUT2D eigenvalue weighted by molar-refractivity contribution is -0.0698. The van der Waals surface area contributed by atoms with Crippen molar-refractivity contribution in [3.8, 4) is 6.07 Å². The maximum absolute atomic E-state index is 12.9. The molecule has 3 heteroatoms. The van der Waals surface area contributed by atoms with Crippen molar-refractivity contribution in [1.29, 1.82) is 5.26 Å². The molecule has 1 amide bonds. The number of rotatable bonds is 3. The average molecular weight is 433 g/mol. The number of carbonyl (C=O) groups is 1. The van der Waals surface area contributed by atoms with Crippen LogP contribution in [-0.2, 0) is 0 Å². The summed E-state index contributed by atoms with van der Waals surface area (Å²) in [6, 6.07) is 9.39. The third kappa shape index (κ3) is 3.68. The number of nitrogens with zero attached hydrogens (tertiary/aromatic N) is 1. The number of amides is 1. The molecule has 9 atom stereocenters. The Morgan fingerprint density at radius 2 is 1.91 bits per heavy atom. The van der Waals surface area contributed by atoms with Gasteiger partial charge in [0, 0.05) is 11.6 Å². The highest BCUT2D eigenvalue weighted by Crippen LogP contribution is 2.64. The van der Waals surface area contributed by atoms with Crippen LogP contribution in [0, 0.1) is 58.2 Å². The highest BCUT2D eigenvalue weighted by molar-refractivity contribution is 5.94. The van der Waals surface area contributed by atoms with E-state index in [-0.39, 0.29) is 11.9 Å². The fraction of sp³-hybridized carbons (Fsp3) is 0.724. The third-order valence-electron chi connectivity index (χ3n) is 10.5. The van der Waals surface area contributed by atoms with Gasteiger partial charge in [0.15, 0.2) is 0 Å². The summed E-state index contributed by atoms with van der Waals surface area (Å²) in [5.41, 5.74) is 1.50.